The summed E-state index contributed by atoms with van der Waals surface area (Å²) in [6, 6.07) is 3.50. The summed E-state index contributed by atoms with van der Waals surface area (Å²) in [5.41, 5.74) is 1.30. The zero-order valence-electron chi connectivity index (χ0n) is 18.2. The van der Waals surface area contributed by atoms with Gasteiger partial charge in [-0.2, -0.15) is 13.2 Å². The molecule has 7 nitrogen and oxygen atoms in total. The van der Waals surface area contributed by atoms with Crippen molar-refractivity contribution in [3.8, 4) is 0 Å². The molecule has 1 saturated carbocycles. The molecule has 1 aliphatic carbocycles. The molecule has 1 aliphatic heterocycles. The Labute approximate surface area is 184 Å². The fraction of sp³-hybridized carbons (Fsp3) is 0.545. The number of aromatic nitrogens is 5. The van der Waals surface area contributed by atoms with Crippen molar-refractivity contribution < 1.29 is 13.2 Å². The van der Waals surface area contributed by atoms with Gasteiger partial charge in [0.2, 0.25) is 5.95 Å². The van der Waals surface area contributed by atoms with Crippen LogP contribution in [0.3, 0.4) is 0 Å². The normalized spacial score (nSPS) is 18.0. The Bertz CT molecular complexity index is 1110. The molecule has 0 amide bonds. The first kappa shape index (κ1) is 21.1. The number of anilines is 1. The van der Waals surface area contributed by atoms with E-state index in [2.05, 4.69) is 25.1 Å². The van der Waals surface area contributed by atoms with Crippen LogP contribution in [0.25, 0.3) is 5.65 Å². The van der Waals surface area contributed by atoms with E-state index in [1.54, 1.807) is 12.3 Å². The monoisotopic (exact) mass is 445 g/mol. The van der Waals surface area contributed by atoms with Crippen LogP contribution in [0, 0.1) is 19.8 Å². The third kappa shape index (κ3) is 4.28. The largest absolute Gasteiger partial charge is 0.420 e. The summed E-state index contributed by atoms with van der Waals surface area (Å²) in [7, 11) is 0. The highest BCUT2D eigenvalue weighted by molar-refractivity contribution is 5.53. The van der Waals surface area contributed by atoms with Gasteiger partial charge < -0.3 is 4.90 Å². The number of hydrogen-bond acceptors (Lipinski definition) is 6. The highest BCUT2D eigenvalue weighted by Crippen LogP contribution is 2.37. The molecule has 2 aliphatic rings. The second-order valence-corrected chi connectivity index (χ2v) is 8.88. The van der Waals surface area contributed by atoms with Gasteiger partial charge in [-0.1, -0.05) is 0 Å². The Balaban J connectivity index is 1.35. The summed E-state index contributed by atoms with van der Waals surface area (Å²) in [6.45, 7) is 6.70. The number of halogens is 3. The van der Waals surface area contributed by atoms with Crippen molar-refractivity contribution in [2.75, 3.05) is 31.1 Å². The molecule has 2 fully saturated rings. The maximum Gasteiger partial charge on any atom is 0.420 e. The lowest BCUT2D eigenvalue weighted by Gasteiger charge is -2.35. The van der Waals surface area contributed by atoms with Crippen molar-refractivity contribution in [3.63, 3.8) is 0 Å². The summed E-state index contributed by atoms with van der Waals surface area (Å²) < 4.78 is 43.7. The van der Waals surface area contributed by atoms with Gasteiger partial charge in [-0.25, -0.2) is 9.97 Å². The molecule has 0 radical (unpaired) electrons. The van der Waals surface area contributed by atoms with E-state index in [-0.39, 0.29) is 17.8 Å². The Morgan fingerprint density at radius 1 is 1.00 bits per heavy atom. The first-order chi connectivity index (χ1) is 15.3. The molecule has 0 N–H and O–H groups in total. The van der Waals surface area contributed by atoms with Gasteiger partial charge in [0.05, 0.1) is 0 Å². The van der Waals surface area contributed by atoms with Gasteiger partial charge in [0.1, 0.15) is 11.4 Å². The van der Waals surface area contributed by atoms with E-state index in [4.69, 9.17) is 0 Å². The highest BCUT2D eigenvalue weighted by atomic mass is 19.4. The molecule has 10 heteroatoms. The lowest BCUT2D eigenvalue weighted by Crippen LogP contribution is -2.46. The summed E-state index contributed by atoms with van der Waals surface area (Å²) in [5, 5.41) is 8.01. The van der Waals surface area contributed by atoms with Crippen LogP contribution in [-0.2, 0) is 19.1 Å². The number of fused-ring (bicyclic) bond motifs is 1. The summed E-state index contributed by atoms with van der Waals surface area (Å²) in [4.78, 5) is 13.1. The average Bonchev–Trinajstić information content (AvgIpc) is 3.45. The molecule has 5 rings (SSSR count). The molecular weight excluding hydrogens is 419 g/mol. The van der Waals surface area contributed by atoms with Crippen LogP contribution in [0.5, 0.6) is 0 Å². The predicted octanol–water partition coefficient (Wildman–Crippen LogP) is 3.43. The Morgan fingerprint density at radius 2 is 1.69 bits per heavy atom. The van der Waals surface area contributed by atoms with Gasteiger partial charge in [-0.05, 0) is 50.3 Å². The molecule has 32 heavy (non-hydrogen) atoms. The second-order valence-electron chi connectivity index (χ2n) is 8.88. The Hall–Kier alpha value is -2.75. The number of aryl methyl sites for hydroxylation is 2. The lowest BCUT2D eigenvalue weighted by molar-refractivity contribution is -0.137. The van der Waals surface area contributed by atoms with Crippen molar-refractivity contribution in [2.45, 2.75) is 45.8 Å². The summed E-state index contributed by atoms with van der Waals surface area (Å²) in [5.74, 6) is 1.82. The summed E-state index contributed by atoms with van der Waals surface area (Å²) >= 11 is 0. The van der Waals surface area contributed by atoms with Crippen LogP contribution in [0.1, 0.15) is 41.2 Å². The van der Waals surface area contributed by atoms with E-state index in [0.717, 1.165) is 24.2 Å². The van der Waals surface area contributed by atoms with E-state index in [1.807, 2.05) is 24.8 Å². The first-order valence-corrected chi connectivity index (χ1v) is 11.0. The lowest BCUT2D eigenvalue weighted by atomic mass is 10.1. The van der Waals surface area contributed by atoms with Gasteiger partial charge in [-0.3, -0.25) is 9.30 Å². The summed E-state index contributed by atoms with van der Waals surface area (Å²) in [6.07, 6.45) is 0.102. The molecule has 0 unspecified atom stereocenters. The van der Waals surface area contributed by atoms with Crippen LogP contribution in [-0.4, -0.2) is 55.6 Å². The van der Waals surface area contributed by atoms with Crippen molar-refractivity contribution >= 4 is 11.6 Å². The molecule has 4 heterocycles. The van der Waals surface area contributed by atoms with Crippen molar-refractivity contribution in [3.05, 3.63) is 46.7 Å². The van der Waals surface area contributed by atoms with E-state index < -0.39 is 11.7 Å². The van der Waals surface area contributed by atoms with Gasteiger partial charge in [0.25, 0.3) is 0 Å². The maximum absolute atomic E-state index is 14.1. The SMILES string of the molecule is Cc1cc(C)nc(N2CCN(Cc3ccn4c(CC5CC5)nnc4c3C(F)(F)F)CC2)n1. The molecule has 0 bridgehead atoms. The van der Waals surface area contributed by atoms with Gasteiger partial charge in [-0.15, -0.1) is 10.2 Å². The topological polar surface area (TPSA) is 62.5 Å². The molecule has 3 aromatic rings. The van der Waals surface area contributed by atoms with Crippen molar-refractivity contribution in [1.29, 1.82) is 0 Å². The van der Waals surface area contributed by atoms with Crippen LogP contribution < -0.4 is 4.90 Å². The number of pyridine rings is 1. The first-order valence-electron chi connectivity index (χ1n) is 11.0. The molecule has 3 aromatic heterocycles. The van der Waals surface area contributed by atoms with E-state index in [0.29, 0.717) is 50.3 Å². The fourth-order valence-electron chi connectivity index (χ4n) is 4.40. The minimum absolute atomic E-state index is 0.0899. The molecular formula is C22H26F3N7. The smallest absolute Gasteiger partial charge is 0.338 e. The zero-order valence-corrected chi connectivity index (χ0v) is 18.2. The Morgan fingerprint density at radius 3 is 2.31 bits per heavy atom. The third-order valence-electron chi connectivity index (χ3n) is 6.21. The number of alkyl halides is 3. The standard InChI is InChI=1S/C22H26F3N7/c1-14-11-15(2)27-21(26-14)31-9-7-30(8-10-31)13-17-5-6-32-18(12-16-3-4-16)28-29-20(32)19(17)22(23,24)25/h5-6,11,16H,3-4,7-10,12-13H2,1-2H3. The van der Waals surface area contributed by atoms with Gasteiger partial charge in [0, 0.05) is 56.7 Å². The van der Waals surface area contributed by atoms with E-state index >= 15 is 0 Å². The van der Waals surface area contributed by atoms with Crippen LogP contribution in [0.15, 0.2) is 18.3 Å². The molecule has 0 aromatic carbocycles. The second kappa shape index (κ2) is 7.99. The number of nitrogens with zero attached hydrogens (tertiary/aromatic N) is 7. The number of piperazine rings is 1. The van der Waals surface area contributed by atoms with Crippen LogP contribution in [0.2, 0.25) is 0 Å². The quantitative estimate of drug-likeness (QED) is 0.600. The molecule has 0 spiro atoms. The average molecular weight is 445 g/mol. The van der Waals surface area contributed by atoms with Crippen molar-refractivity contribution in [2.24, 2.45) is 5.92 Å². The Kier molecular flexibility index (Phi) is 5.27. The van der Waals surface area contributed by atoms with Crippen molar-refractivity contribution in [1.82, 2.24) is 29.5 Å². The number of rotatable bonds is 5. The maximum atomic E-state index is 14.1. The van der Waals surface area contributed by atoms with Crippen LogP contribution >= 0.6 is 0 Å². The van der Waals surface area contributed by atoms with E-state index in [1.165, 1.54) is 4.40 Å². The number of hydrogen-bond donors (Lipinski definition) is 0. The molecule has 0 atom stereocenters. The van der Waals surface area contributed by atoms with E-state index in [9.17, 15) is 13.2 Å². The fourth-order valence-corrected chi connectivity index (χ4v) is 4.40. The van der Waals surface area contributed by atoms with Crippen LogP contribution in [0.4, 0.5) is 19.1 Å². The predicted molar refractivity (Wildman–Crippen MR) is 113 cm³/mol. The zero-order chi connectivity index (χ0) is 22.5. The highest BCUT2D eigenvalue weighted by Gasteiger charge is 2.38. The molecule has 170 valence electrons. The van der Waals surface area contributed by atoms with Gasteiger partial charge >= 0.3 is 6.18 Å². The minimum atomic E-state index is -4.49. The minimum Gasteiger partial charge on any atom is -0.338 e. The van der Waals surface area contributed by atoms with Gasteiger partial charge in [0.15, 0.2) is 5.65 Å². The molecule has 1 saturated heterocycles. The third-order valence-corrected chi connectivity index (χ3v) is 6.21.